The van der Waals surface area contributed by atoms with E-state index in [2.05, 4.69) is 0 Å². The average Bonchev–Trinajstić information content (AvgIpc) is 2.25. The fourth-order valence-corrected chi connectivity index (χ4v) is 5.02. The molecule has 0 aromatic rings. The van der Waals surface area contributed by atoms with Crippen LogP contribution in [-0.2, 0) is 24.7 Å². The maximum Gasteiger partial charge on any atom is 0.305 e. The predicted molar refractivity (Wildman–Crippen MR) is 65.4 cm³/mol. The molecule has 0 bridgehead atoms. The molecule has 2 atom stereocenters. The quantitative estimate of drug-likeness (QED) is 0.689. The van der Waals surface area contributed by atoms with Crippen molar-refractivity contribution in [3.8, 4) is 6.07 Å². The molecule has 0 aromatic carbocycles. The lowest BCUT2D eigenvalue weighted by Gasteiger charge is -2.34. The molecule has 0 spiro atoms. The van der Waals surface area contributed by atoms with Crippen LogP contribution in [0.2, 0.25) is 0 Å². The van der Waals surface area contributed by atoms with E-state index in [-0.39, 0.29) is 12.3 Å². The molecule has 0 amide bonds. The zero-order chi connectivity index (χ0) is 14.8. The van der Waals surface area contributed by atoms with E-state index in [9.17, 15) is 21.6 Å². The summed E-state index contributed by atoms with van der Waals surface area (Å²) in [4.78, 5) is 10.7. The summed E-state index contributed by atoms with van der Waals surface area (Å²) in [5, 5.41) is 16.1. The van der Waals surface area contributed by atoms with E-state index in [1.807, 2.05) is 0 Å². The largest absolute Gasteiger partial charge is 0.481 e. The summed E-state index contributed by atoms with van der Waals surface area (Å²) >= 11 is 0. The van der Waals surface area contributed by atoms with E-state index in [1.165, 1.54) is 6.92 Å². The number of sulfonamides is 1. The molecule has 108 valence electrons. The number of aliphatic carboxylic acids is 1. The average molecular weight is 310 g/mol. The Bertz CT molecular complexity index is 603. The monoisotopic (exact) mass is 310 g/mol. The van der Waals surface area contributed by atoms with E-state index < -0.39 is 49.3 Å². The van der Waals surface area contributed by atoms with Crippen LogP contribution in [0.3, 0.4) is 0 Å². The van der Waals surface area contributed by atoms with Crippen LogP contribution < -0.4 is 0 Å². The van der Waals surface area contributed by atoms with Gasteiger partial charge in [0.15, 0.2) is 15.1 Å². The Kier molecular flexibility index (Phi) is 4.54. The number of nitriles is 1. The number of nitrogens with zero attached hydrogens (tertiary/aromatic N) is 2. The lowest BCUT2D eigenvalue weighted by atomic mass is 10.2. The Morgan fingerprint density at radius 2 is 2.16 bits per heavy atom. The van der Waals surface area contributed by atoms with Crippen LogP contribution in [0.25, 0.3) is 0 Å². The first-order valence-electron chi connectivity index (χ1n) is 5.42. The van der Waals surface area contributed by atoms with Crippen LogP contribution in [0, 0.1) is 11.3 Å². The molecular weight excluding hydrogens is 296 g/mol. The lowest BCUT2D eigenvalue weighted by Crippen LogP contribution is -2.53. The van der Waals surface area contributed by atoms with Crippen molar-refractivity contribution < 1.29 is 26.7 Å². The van der Waals surface area contributed by atoms with Gasteiger partial charge in [0.25, 0.3) is 0 Å². The summed E-state index contributed by atoms with van der Waals surface area (Å²) in [6, 6.07) is 0.415. The van der Waals surface area contributed by atoms with Crippen molar-refractivity contribution in [2.45, 2.75) is 24.6 Å². The van der Waals surface area contributed by atoms with Crippen LogP contribution in [0.1, 0.15) is 13.3 Å². The van der Waals surface area contributed by atoms with Crippen LogP contribution in [-0.4, -0.2) is 61.6 Å². The highest BCUT2D eigenvalue weighted by Crippen LogP contribution is 2.21. The number of carboxylic acids is 1. The molecule has 0 radical (unpaired) electrons. The molecule has 1 saturated heterocycles. The summed E-state index contributed by atoms with van der Waals surface area (Å²) in [5.74, 6) is -2.18. The minimum absolute atomic E-state index is 0.311. The van der Waals surface area contributed by atoms with Gasteiger partial charge in [0, 0.05) is 12.6 Å². The van der Waals surface area contributed by atoms with Crippen LogP contribution >= 0.6 is 0 Å². The molecule has 0 saturated carbocycles. The topological polar surface area (TPSA) is 133 Å². The fourth-order valence-electron chi connectivity index (χ4n) is 1.84. The number of carboxylic acid groups (broad SMARTS) is 1. The van der Waals surface area contributed by atoms with Crippen molar-refractivity contribution in [2.24, 2.45) is 0 Å². The molecule has 8 nitrogen and oxygen atoms in total. The van der Waals surface area contributed by atoms with Gasteiger partial charge in [-0.2, -0.15) is 9.57 Å². The number of hydrogen-bond acceptors (Lipinski definition) is 6. The second kappa shape index (κ2) is 5.44. The Morgan fingerprint density at radius 3 is 2.63 bits per heavy atom. The minimum Gasteiger partial charge on any atom is -0.481 e. The molecule has 1 heterocycles. The molecule has 1 aliphatic rings. The van der Waals surface area contributed by atoms with Gasteiger partial charge in [0.2, 0.25) is 10.0 Å². The SMILES string of the molecule is CC(C#N)S(=O)(=O)N1CCS(=O)(=O)CC1CC(=O)O. The van der Waals surface area contributed by atoms with E-state index in [4.69, 9.17) is 10.4 Å². The third kappa shape index (κ3) is 3.65. The number of sulfone groups is 1. The minimum atomic E-state index is -4.01. The molecule has 10 heteroatoms. The maximum atomic E-state index is 12.0. The Morgan fingerprint density at radius 1 is 1.58 bits per heavy atom. The molecule has 1 fully saturated rings. The van der Waals surface area contributed by atoms with Crippen LogP contribution in [0.4, 0.5) is 0 Å². The first kappa shape index (κ1) is 15.9. The molecule has 0 aliphatic carbocycles. The zero-order valence-corrected chi connectivity index (χ0v) is 11.8. The van der Waals surface area contributed by atoms with Gasteiger partial charge in [-0.05, 0) is 6.92 Å². The van der Waals surface area contributed by atoms with Crippen molar-refractivity contribution in [3.05, 3.63) is 0 Å². The third-order valence-corrected chi connectivity index (χ3v) is 6.67. The second-order valence-electron chi connectivity index (χ2n) is 4.29. The number of carbonyl (C=O) groups is 1. The number of rotatable bonds is 4. The van der Waals surface area contributed by atoms with Crippen molar-refractivity contribution in [1.82, 2.24) is 4.31 Å². The molecule has 2 unspecified atom stereocenters. The summed E-state index contributed by atoms with van der Waals surface area (Å²) in [6.07, 6.45) is -0.601. The fraction of sp³-hybridized carbons (Fsp3) is 0.778. The summed E-state index contributed by atoms with van der Waals surface area (Å²) in [5.41, 5.74) is 0. The highest BCUT2D eigenvalue weighted by molar-refractivity contribution is 7.92. The van der Waals surface area contributed by atoms with E-state index in [1.54, 1.807) is 6.07 Å². The summed E-state index contributed by atoms with van der Waals surface area (Å²) in [6.45, 7) is 0.866. The van der Waals surface area contributed by atoms with Gasteiger partial charge in [-0.25, -0.2) is 16.8 Å². The van der Waals surface area contributed by atoms with Crippen molar-refractivity contribution in [2.75, 3.05) is 18.1 Å². The normalized spacial score (nSPS) is 25.4. The van der Waals surface area contributed by atoms with Gasteiger partial charge >= 0.3 is 5.97 Å². The van der Waals surface area contributed by atoms with Gasteiger partial charge in [0.1, 0.15) is 0 Å². The van der Waals surface area contributed by atoms with Crippen LogP contribution in [0.15, 0.2) is 0 Å². The molecule has 0 aromatic heterocycles. The predicted octanol–water partition coefficient (Wildman–Crippen LogP) is -1.20. The second-order valence-corrected chi connectivity index (χ2v) is 8.73. The van der Waals surface area contributed by atoms with E-state index >= 15 is 0 Å². The molecular formula is C9H14N2O6S2. The highest BCUT2D eigenvalue weighted by Gasteiger charge is 2.41. The first-order valence-corrected chi connectivity index (χ1v) is 8.75. The van der Waals surface area contributed by atoms with Gasteiger partial charge in [-0.1, -0.05) is 0 Å². The van der Waals surface area contributed by atoms with Crippen LogP contribution in [0.5, 0.6) is 0 Å². The number of hydrogen-bond donors (Lipinski definition) is 1. The molecule has 1 rings (SSSR count). The van der Waals surface area contributed by atoms with Crippen molar-refractivity contribution in [3.63, 3.8) is 0 Å². The summed E-state index contributed by atoms with van der Waals surface area (Å²) in [7, 11) is -7.47. The van der Waals surface area contributed by atoms with Gasteiger partial charge in [-0.3, -0.25) is 4.79 Å². The summed E-state index contributed by atoms with van der Waals surface area (Å²) < 4.78 is 47.8. The third-order valence-electron chi connectivity index (χ3n) is 2.84. The maximum absolute atomic E-state index is 12.0. The molecule has 19 heavy (non-hydrogen) atoms. The zero-order valence-electron chi connectivity index (χ0n) is 10.2. The van der Waals surface area contributed by atoms with Gasteiger partial charge < -0.3 is 5.11 Å². The van der Waals surface area contributed by atoms with Gasteiger partial charge in [-0.15, -0.1) is 0 Å². The van der Waals surface area contributed by atoms with Crippen molar-refractivity contribution in [1.29, 1.82) is 5.26 Å². The Balaban J connectivity index is 3.11. The van der Waals surface area contributed by atoms with E-state index in [0.717, 1.165) is 4.31 Å². The smallest absolute Gasteiger partial charge is 0.305 e. The Labute approximate surface area is 111 Å². The first-order chi connectivity index (χ1) is 8.60. The van der Waals surface area contributed by atoms with E-state index in [0.29, 0.717) is 0 Å². The lowest BCUT2D eigenvalue weighted by molar-refractivity contribution is -0.137. The molecule has 1 aliphatic heterocycles. The standard InChI is InChI=1S/C9H14N2O6S2/c1-7(5-10)19(16,17)11-2-3-18(14,15)6-8(11)4-9(12)13/h7-8H,2-4,6H2,1H3,(H,12,13). The van der Waals surface area contributed by atoms with Crippen molar-refractivity contribution >= 4 is 25.8 Å². The van der Waals surface area contributed by atoms with Gasteiger partial charge in [0.05, 0.1) is 24.0 Å². The Hall–Kier alpha value is -1.18. The highest BCUT2D eigenvalue weighted by atomic mass is 32.2. The molecule has 1 N–H and O–H groups in total.